The molecule has 0 radical (unpaired) electrons. The number of hydrogen-bond donors (Lipinski definition) is 5. The smallest absolute Gasteiger partial charge is 0.338 e. The van der Waals surface area contributed by atoms with Gasteiger partial charge in [0.25, 0.3) is 0 Å². The number of carboxylic acids is 1. The van der Waals surface area contributed by atoms with Crippen molar-refractivity contribution in [1.29, 1.82) is 0 Å². The van der Waals surface area contributed by atoms with Crippen molar-refractivity contribution in [3.8, 4) is 0 Å². The van der Waals surface area contributed by atoms with Crippen LogP contribution < -0.4 is 10.8 Å². The van der Waals surface area contributed by atoms with Gasteiger partial charge in [0.2, 0.25) is 11.8 Å². The van der Waals surface area contributed by atoms with E-state index in [1.807, 2.05) is 48.5 Å². The van der Waals surface area contributed by atoms with Crippen molar-refractivity contribution < 1.29 is 39.3 Å². The minimum Gasteiger partial charge on any atom is -0.478 e. The number of aliphatic hydroxyl groups excluding tert-OH is 1. The molecule has 234 valence electrons. The third-order valence-electron chi connectivity index (χ3n) is 7.20. The highest BCUT2D eigenvalue weighted by atomic mass is 32.2. The van der Waals surface area contributed by atoms with Gasteiger partial charge in [0, 0.05) is 43.3 Å². The third kappa shape index (κ3) is 9.86. The molecule has 2 amide bonds. The Morgan fingerprint density at radius 1 is 0.886 bits per heavy atom. The van der Waals surface area contributed by atoms with Crippen LogP contribution >= 0.6 is 11.8 Å². The highest BCUT2D eigenvalue weighted by Crippen LogP contribution is 2.39. The molecule has 1 aliphatic heterocycles. The van der Waals surface area contributed by atoms with Gasteiger partial charge in [-0.3, -0.25) is 14.8 Å². The van der Waals surface area contributed by atoms with Crippen molar-refractivity contribution in [3.05, 3.63) is 94.7 Å². The van der Waals surface area contributed by atoms with Gasteiger partial charge in [0.05, 0.1) is 24.4 Å². The number of amides is 2. The molecule has 1 aliphatic rings. The first-order valence-electron chi connectivity index (χ1n) is 14.5. The summed E-state index contributed by atoms with van der Waals surface area (Å²) in [5, 5.41) is 30.8. The van der Waals surface area contributed by atoms with Crippen LogP contribution in [-0.2, 0) is 32.2 Å². The Labute approximate surface area is 260 Å². The zero-order valence-corrected chi connectivity index (χ0v) is 25.0. The van der Waals surface area contributed by atoms with E-state index in [-0.39, 0.29) is 36.7 Å². The molecule has 0 aliphatic carbocycles. The van der Waals surface area contributed by atoms with E-state index in [1.54, 1.807) is 17.7 Å². The van der Waals surface area contributed by atoms with Gasteiger partial charge < -0.3 is 25.0 Å². The number of hydroxylamine groups is 1. The van der Waals surface area contributed by atoms with E-state index in [1.165, 1.54) is 17.8 Å². The molecule has 2 heterocycles. The lowest BCUT2D eigenvalue weighted by molar-refractivity contribution is -0.245. The SMILES string of the molecule is O=C(CCCCCC(=O)NCc1ccc(C2OC(CSc3ncccc3C(=O)O)CC(c3ccc(CO)cc3)O2)cc1)NO. The highest BCUT2D eigenvalue weighted by Gasteiger charge is 2.32. The van der Waals surface area contributed by atoms with Crippen molar-refractivity contribution >= 4 is 29.5 Å². The van der Waals surface area contributed by atoms with Crippen molar-refractivity contribution in [3.63, 3.8) is 0 Å². The molecule has 5 N–H and O–H groups in total. The van der Waals surface area contributed by atoms with Gasteiger partial charge in [-0.15, -0.1) is 11.8 Å². The van der Waals surface area contributed by atoms with E-state index in [9.17, 15) is 24.6 Å². The predicted octanol–water partition coefficient (Wildman–Crippen LogP) is 4.68. The van der Waals surface area contributed by atoms with Crippen LogP contribution in [0.4, 0.5) is 0 Å². The molecule has 1 fully saturated rings. The Morgan fingerprint density at radius 3 is 2.25 bits per heavy atom. The maximum absolute atomic E-state index is 12.2. The van der Waals surface area contributed by atoms with E-state index < -0.39 is 18.2 Å². The van der Waals surface area contributed by atoms with Gasteiger partial charge in [-0.2, -0.15) is 0 Å². The van der Waals surface area contributed by atoms with Crippen molar-refractivity contribution in [2.24, 2.45) is 0 Å². The quantitative estimate of drug-likeness (QED) is 0.0694. The van der Waals surface area contributed by atoms with Crippen LogP contribution in [0.1, 0.15) is 83.5 Å². The maximum Gasteiger partial charge on any atom is 0.338 e. The molecule has 0 spiro atoms. The Balaban J connectivity index is 1.37. The standard InChI is InChI=1S/C32H37N3O8S/c36-19-22-10-12-23(13-11-22)27-17-25(20-44-30-26(31(39)40)5-4-16-33-30)42-32(43-27)24-14-8-21(9-15-24)18-34-28(37)6-2-1-3-7-29(38)35-41/h4-5,8-16,25,27,32,36,41H,1-3,6-7,17-20H2,(H,34,37)(H,35,38)(H,39,40). The second-order valence-corrected chi connectivity index (χ2v) is 11.4. The Morgan fingerprint density at radius 2 is 1.57 bits per heavy atom. The van der Waals surface area contributed by atoms with Crippen molar-refractivity contribution in [2.45, 2.75) is 75.2 Å². The van der Waals surface area contributed by atoms with Crippen LogP contribution in [-0.4, -0.2) is 50.0 Å². The number of carboxylic acid groups (broad SMARTS) is 1. The largest absolute Gasteiger partial charge is 0.478 e. The number of rotatable bonds is 15. The number of nitrogens with zero attached hydrogens (tertiary/aromatic N) is 1. The highest BCUT2D eigenvalue weighted by molar-refractivity contribution is 7.99. The fourth-order valence-corrected chi connectivity index (χ4v) is 5.75. The Kier molecular flexibility index (Phi) is 12.7. The number of aliphatic hydroxyl groups is 1. The number of unbranched alkanes of at least 4 members (excludes halogenated alkanes) is 2. The summed E-state index contributed by atoms with van der Waals surface area (Å²) in [6.45, 7) is 0.318. The second-order valence-electron chi connectivity index (χ2n) is 10.4. The van der Waals surface area contributed by atoms with Crippen LogP contribution in [0.3, 0.4) is 0 Å². The summed E-state index contributed by atoms with van der Waals surface area (Å²) in [7, 11) is 0. The first-order chi connectivity index (χ1) is 21.4. The maximum atomic E-state index is 12.2. The molecular weight excluding hydrogens is 586 g/mol. The van der Waals surface area contributed by atoms with Crippen LogP contribution in [0.25, 0.3) is 0 Å². The fraction of sp³-hybridized carbons (Fsp3) is 0.375. The van der Waals surface area contributed by atoms with Gasteiger partial charge in [-0.1, -0.05) is 55.0 Å². The summed E-state index contributed by atoms with van der Waals surface area (Å²) in [5.41, 5.74) is 5.22. The molecule has 1 aromatic heterocycles. The van der Waals surface area contributed by atoms with Crippen LogP contribution in [0.5, 0.6) is 0 Å². The lowest BCUT2D eigenvalue weighted by atomic mass is 10.0. The molecule has 2 aromatic carbocycles. The second kappa shape index (κ2) is 16.9. The zero-order chi connectivity index (χ0) is 31.3. The number of pyridine rings is 1. The summed E-state index contributed by atoms with van der Waals surface area (Å²) >= 11 is 1.33. The lowest BCUT2D eigenvalue weighted by Gasteiger charge is -2.36. The average molecular weight is 624 g/mol. The number of nitrogens with one attached hydrogen (secondary N) is 2. The molecule has 11 nitrogen and oxygen atoms in total. The Hall–Kier alpha value is -3.81. The number of aromatic carboxylic acids is 1. The van der Waals surface area contributed by atoms with Crippen LogP contribution in [0, 0.1) is 0 Å². The minimum atomic E-state index is -1.03. The van der Waals surface area contributed by atoms with Gasteiger partial charge in [-0.05, 0) is 41.7 Å². The first-order valence-corrected chi connectivity index (χ1v) is 15.4. The topological polar surface area (TPSA) is 167 Å². The normalized spacial score (nSPS) is 18.0. The number of carbonyl (C=O) groups excluding carboxylic acids is 2. The number of carbonyl (C=O) groups is 3. The minimum absolute atomic E-state index is 0.0505. The van der Waals surface area contributed by atoms with E-state index in [0.717, 1.165) is 22.3 Å². The number of hydrogen-bond acceptors (Lipinski definition) is 9. The molecule has 1 saturated heterocycles. The van der Waals surface area contributed by atoms with Gasteiger partial charge in [0.1, 0.15) is 5.03 Å². The molecule has 12 heteroatoms. The Bertz CT molecular complexity index is 1390. The molecule has 0 saturated carbocycles. The summed E-state index contributed by atoms with van der Waals surface area (Å²) < 4.78 is 12.7. The van der Waals surface area contributed by atoms with Crippen molar-refractivity contribution in [1.82, 2.24) is 15.8 Å². The van der Waals surface area contributed by atoms with E-state index in [0.29, 0.717) is 49.4 Å². The van der Waals surface area contributed by atoms with E-state index >= 15 is 0 Å². The average Bonchev–Trinajstić information content (AvgIpc) is 3.06. The van der Waals surface area contributed by atoms with Gasteiger partial charge in [0.15, 0.2) is 6.29 Å². The molecule has 3 unspecified atom stereocenters. The lowest BCUT2D eigenvalue weighted by Crippen LogP contribution is -2.31. The molecule has 44 heavy (non-hydrogen) atoms. The zero-order valence-electron chi connectivity index (χ0n) is 24.2. The molecule has 3 atom stereocenters. The first kappa shape index (κ1) is 33.1. The van der Waals surface area contributed by atoms with E-state index in [4.69, 9.17) is 14.7 Å². The van der Waals surface area contributed by atoms with Crippen LogP contribution in [0.15, 0.2) is 71.9 Å². The van der Waals surface area contributed by atoms with Gasteiger partial charge >= 0.3 is 5.97 Å². The number of aromatic nitrogens is 1. The monoisotopic (exact) mass is 623 g/mol. The fourth-order valence-electron chi connectivity index (χ4n) is 4.75. The predicted molar refractivity (Wildman–Crippen MR) is 162 cm³/mol. The van der Waals surface area contributed by atoms with Crippen LogP contribution in [0.2, 0.25) is 0 Å². The molecule has 3 aromatic rings. The van der Waals surface area contributed by atoms with Gasteiger partial charge in [-0.25, -0.2) is 15.3 Å². The summed E-state index contributed by atoms with van der Waals surface area (Å²) in [5.74, 6) is -1.06. The van der Waals surface area contributed by atoms with Crippen molar-refractivity contribution in [2.75, 3.05) is 5.75 Å². The number of thioether (sulfide) groups is 1. The summed E-state index contributed by atoms with van der Waals surface area (Å²) in [6, 6.07) is 18.3. The third-order valence-corrected chi connectivity index (χ3v) is 8.33. The molecular formula is C32H37N3O8S. The molecule has 4 rings (SSSR count). The summed E-state index contributed by atoms with van der Waals surface area (Å²) in [6.07, 6.45) is 3.46. The number of ether oxygens (including phenoxy) is 2. The van der Waals surface area contributed by atoms with E-state index in [2.05, 4.69) is 10.3 Å². The summed E-state index contributed by atoms with van der Waals surface area (Å²) in [4.78, 5) is 39.2. The molecule has 0 bridgehead atoms. The number of benzene rings is 2.